The van der Waals surface area contributed by atoms with E-state index in [1.165, 1.54) is 12.8 Å². The molecule has 5 nitrogen and oxygen atoms in total. The first kappa shape index (κ1) is 15.4. The second-order valence-corrected chi connectivity index (χ2v) is 7.09. The normalized spacial score (nSPS) is 24.6. The molecule has 2 saturated heterocycles. The van der Waals surface area contributed by atoms with E-state index in [-0.39, 0.29) is 11.3 Å². The number of pyridine rings is 1. The summed E-state index contributed by atoms with van der Waals surface area (Å²) < 4.78 is 5.27. The van der Waals surface area contributed by atoms with Crippen molar-refractivity contribution in [2.75, 3.05) is 26.2 Å². The molecule has 0 radical (unpaired) electrons. The molecule has 2 aromatic heterocycles. The first-order chi connectivity index (χ1) is 11.7. The van der Waals surface area contributed by atoms with Crippen LogP contribution in [-0.2, 0) is 6.54 Å². The highest BCUT2D eigenvalue weighted by molar-refractivity contribution is 5.91. The Morgan fingerprint density at radius 2 is 2.12 bits per heavy atom. The lowest BCUT2D eigenvalue weighted by Crippen LogP contribution is -2.45. The SMILES string of the molecule is O=C(c1ccco1)N1CCC2(CCCN(Cc3ccccn3)C2)C1. The van der Waals surface area contributed by atoms with Crippen molar-refractivity contribution in [3.8, 4) is 0 Å². The Bertz CT molecular complexity index is 686. The van der Waals surface area contributed by atoms with Gasteiger partial charge >= 0.3 is 0 Å². The van der Waals surface area contributed by atoms with Crippen LogP contribution in [0.25, 0.3) is 0 Å². The number of nitrogens with zero attached hydrogens (tertiary/aromatic N) is 3. The maximum atomic E-state index is 12.5. The summed E-state index contributed by atoms with van der Waals surface area (Å²) in [7, 11) is 0. The van der Waals surface area contributed by atoms with Gasteiger partial charge in [-0.3, -0.25) is 14.7 Å². The molecule has 4 rings (SSSR count). The zero-order valence-electron chi connectivity index (χ0n) is 13.9. The highest BCUT2D eigenvalue weighted by Crippen LogP contribution is 2.39. The van der Waals surface area contributed by atoms with Crippen LogP contribution in [0.4, 0.5) is 0 Å². The van der Waals surface area contributed by atoms with E-state index in [1.54, 1.807) is 18.4 Å². The van der Waals surface area contributed by atoms with Crippen LogP contribution < -0.4 is 0 Å². The molecule has 126 valence electrons. The van der Waals surface area contributed by atoms with E-state index < -0.39 is 0 Å². The molecule has 1 atom stereocenters. The van der Waals surface area contributed by atoms with Crippen LogP contribution in [0.15, 0.2) is 47.2 Å². The number of amides is 1. The number of likely N-dealkylation sites (tertiary alicyclic amines) is 2. The third-order valence-electron chi connectivity index (χ3n) is 5.31. The smallest absolute Gasteiger partial charge is 0.289 e. The molecule has 0 aromatic carbocycles. The van der Waals surface area contributed by atoms with Crippen LogP contribution in [0, 0.1) is 5.41 Å². The van der Waals surface area contributed by atoms with Crippen molar-refractivity contribution in [2.24, 2.45) is 5.41 Å². The van der Waals surface area contributed by atoms with E-state index in [9.17, 15) is 4.79 Å². The number of rotatable bonds is 3. The maximum absolute atomic E-state index is 12.5. The van der Waals surface area contributed by atoms with Crippen molar-refractivity contribution in [3.05, 3.63) is 54.2 Å². The van der Waals surface area contributed by atoms with Gasteiger partial charge in [-0.15, -0.1) is 0 Å². The molecular weight excluding hydrogens is 302 g/mol. The van der Waals surface area contributed by atoms with Crippen molar-refractivity contribution < 1.29 is 9.21 Å². The molecule has 2 aliphatic rings. The highest BCUT2D eigenvalue weighted by Gasteiger charge is 2.43. The molecule has 0 bridgehead atoms. The first-order valence-corrected chi connectivity index (χ1v) is 8.69. The van der Waals surface area contributed by atoms with Crippen LogP contribution in [0.2, 0.25) is 0 Å². The van der Waals surface area contributed by atoms with Gasteiger partial charge in [-0.1, -0.05) is 6.07 Å². The van der Waals surface area contributed by atoms with Gasteiger partial charge < -0.3 is 9.32 Å². The summed E-state index contributed by atoms with van der Waals surface area (Å²) >= 11 is 0. The Morgan fingerprint density at radius 3 is 2.92 bits per heavy atom. The number of aromatic nitrogens is 1. The van der Waals surface area contributed by atoms with E-state index in [4.69, 9.17) is 4.42 Å². The van der Waals surface area contributed by atoms with Crippen LogP contribution >= 0.6 is 0 Å². The van der Waals surface area contributed by atoms with Gasteiger partial charge in [0.25, 0.3) is 5.91 Å². The van der Waals surface area contributed by atoms with Gasteiger partial charge in [0.15, 0.2) is 5.76 Å². The van der Waals surface area contributed by atoms with Gasteiger partial charge in [0.05, 0.1) is 12.0 Å². The average Bonchev–Trinajstić information content (AvgIpc) is 3.26. The summed E-state index contributed by atoms with van der Waals surface area (Å²) in [5.74, 6) is 0.479. The van der Waals surface area contributed by atoms with E-state index in [2.05, 4.69) is 16.0 Å². The van der Waals surface area contributed by atoms with Crippen molar-refractivity contribution in [1.82, 2.24) is 14.8 Å². The second-order valence-electron chi connectivity index (χ2n) is 7.09. The van der Waals surface area contributed by atoms with Gasteiger partial charge in [0, 0.05) is 37.8 Å². The number of carbonyl (C=O) groups excluding carboxylic acids is 1. The Kier molecular flexibility index (Phi) is 4.10. The third-order valence-corrected chi connectivity index (χ3v) is 5.31. The van der Waals surface area contributed by atoms with Crippen LogP contribution in [0.5, 0.6) is 0 Å². The summed E-state index contributed by atoms with van der Waals surface area (Å²) in [6.07, 6.45) is 6.89. The molecule has 5 heteroatoms. The molecular formula is C19H23N3O2. The van der Waals surface area contributed by atoms with E-state index >= 15 is 0 Å². The van der Waals surface area contributed by atoms with Crippen molar-refractivity contribution in [3.63, 3.8) is 0 Å². The molecule has 0 saturated carbocycles. The van der Waals surface area contributed by atoms with E-state index in [1.807, 2.05) is 23.2 Å². The fourth-order valence-electron chi connectivity index (χ4n) is 4.16. The average molecular weight is 325 g/mol. The molecule has 2 aromatic rings. The molecule has 2 fully saturated rings. The number of piperidine rings is 1. The topological polar surface area (TPSA) is 49.6 Å². The summed E-state index contributed by atoms with van der Waals surface area (Å²) in [4.78, 5) is 21.4. The summed E-state index contributed by atoms with van der Waals surface area (Å²) in [6.45, 7) is 4.73. The third kappa shape index (κ3) is 3.08. The minimum Gasteiger partial charge on any atom is -0.459 e. The zero-order valence-corrected chi connectivity index (χ0v) is 13.9. The van der Waals surface area contributed by atoms with Gasteiger partial charge in [-0.25, -0.2) is 0 Å². The maximum Gasteiger partial charge on any atom is 0.289 e. The Labute approximate surface area is 142 Å². The molecule has 1 unspecified atom stereocenters. The molecule has 4 heterocycles. The van der Waals surface area contributed by atoms with Gasteiger partial charge in [-0.2, -0.15) is 0 Å². The number of hydrogen-bond donors (Lipinski definition) is 0. The predicted octanol–water partition coefficient (Wildman–Crippen LogP) is 2.80. The zero-order chi connectivity index (χ0) is 16.4. The molecule has 0 N–H and O–H groups in total. The van der Waals surface area contributed by atoms with Gasteiger partial charge in [0.1, 0.15) is 0 Å². The minimum absolute atomic E-state index is 0.0266. The fourth-order valence-corrected chi connectivity index (χ4v) is 4.16. The number of carbonyl (C=O) groups is 1. The summed E-state index contributed by atoms with van der Waals surface area (Å²) in [5.41, 5.74) is 1.35. The Hall–Kier alpha value is -2.14. The molecule has 0 aliphatic carbocycles. The fraction of sp³-hybridized carbons (Fsp3) is 0.474. The summed E-state index contributed by atoms with van der Waals surface area (Å²) in [6, 6.07) is 9.61. The highest BCUT2D eigenvalue weighted by atomic mass is 16.3. The van der Waals surface area contributed by atoms with Crippen molar-refractivity contribution in [1.29, 1.82) is 0 Å². The Balaban J connectivity index is 1.41. The quantitative estimate of drug-likeness (QED) is 0.871. The molecule has 24 heavy (non-hydrogen) atoms. The van der Waals surface area contributed by atoms with Gasteiger partial charge in [-0.05, 0) is 50.1 Å². The largest absolute Gasteiger partial charge is 0.459 e. The van der Waals surface area contributed by atoms with Crippen molar-refractivity contribution in [2.45, 2.75) is 25.8 Å². The lowest BCUT2D eigenvalue weighted by Gasteiger charge is -2.40. The van der Waals surface area contributed by atoms with Gasteiger partial charge in [0.2, 0.25) is 0 Å². The minimum atomic E-state index is 0.0266. The lowest BCUT2D eigenvalue weighted by molar-refractivity contribution is 0.0649. The predicted molar refractivity (Wildman–Crippen MR) is 90.4 cm³/mol. The molecule has 1 spiro atoms. The number of furan rings is 1. The van der Waals surface area contributed by atoms with Crippen LogP contribution in [0.1, 0.15) is 35.5 Å². The van der Waals surface area contributed by atoms with Crippen LogP contribution in [0.3, 0.4) is 0 Å². The van der Waals surface area contributed by atoms with E-state index in [0.29, 0.717) is 5.76 Å². The standard InChI is InChI=1S/C19H23N3O2/c23-18(17-6-3-12-24-17)22-11-8-19(15-22)7-4-10-21(14-19)13-16-5-1-2-9-20-16/h1-3,5-6,9,12H,4,7-8,10-11,13-15H2. The van der Waals surface area contributed by atoms with Crippen LogP contribution in [-0.4, -0.2) is 46.9 Å². The monoisotopic (exact) mass is 325 g/mol. The Morgan fingerprint density at radius 1 is 1.17 bits per heavy atom. The lowest BCUT2D eigenvalue weighted by atomic mass is 9.79. The molecule has 1 amide bonds. The number of hydrogen-bond acceptors (Lipinski definition) is 4. The summed E-state index contributed by atoms with van der Waals surface area (Å²) in [5, 5.41) is 0. The first-order valence-electron chi connectivity index (χ1n) is 8.69. The molecule has 2 aliphatic heterocycles. The van der Waals surface area contributed by atoms with Crippen molar-refractivity contribution >= 4 is 5.91 Å². The second kappa shape index (κ2) is 6.40. The van der Waals surface area contributed by atoms with E-state index in [0.717, 1.165) is 44.8 Å².